The second-order valence-corrected chi connectivity index (χ2v) is 6.07. The van der Waals surface area contributed by atoms with E-state index in [-0.39, 0.29) is 0 Å². The van der Waals surface area contributed by atoms with Crippen molar-refractivity contribution in [1.82, 2.24) is 10.2 Å². The first-order valence-corrected chi connectivity index (χ1v) is 7.94. The van der Waals surface area contributed by atoms with Crippen LogP contribution in [0.2, 0.25) is 5.02 Å². The molecule has 3 rings (SSSR count). The summed E-state index contributed by atoms with van der Waals surface area (Å²) in [5, 5.41) is 4.48. The third-order valence-corrected chi connectivity index (χ3v) is 4.21. The van der Waals surface area contributed by atoms with E-state index in [0.717, 1.165) is 31.2 Å². The van der Waals surface area contributed by atoms with Crippen molar-refractivity contribution in [2.75, 3.05) is 19.6 Å². The van der Waals surface area contributed by atoms with Crippen LogP contribution in [0, 0.1) is 0 Å². The van der Waals surface area contributed by atoms with E-state index in [1.54, 1.807) is 0 Å². The Morgan fingerprint density at radius 3 is 2.76 bits per heavy atom. The van der Waals surface area contributed by atoms with Gasteiger partial charge in [-0.3, -0.25) is 4.90 Å². The zero-order chi connectivity index (χ0) is 14.5. The number of nitrogens with one attached hydrogen (secondary N) is 1. The summed E-state index contributed by atoms with van der Waals surface area (Å²) in [7, 11) is 0. The lowest BCUT2D eigenvalue weighted by Gasteiger charge is -2.24. The lowest BCUT2D eigenvalue weighted by atomic mass is 10.1. The van der Waals surface area contributed by atoms with Gasteiger partial charge >= 0.3 is 0 Å². The molecule has 3 heteroatoms. The van der Waals surface area contributed by atoms with Crippen molar-refractivity contribution in [2.45, 2.75) is 19.0 Å². The van der Waals surface area contributed by atoms with Crippen molar-refractivity contribution in [1.29, 1.82) is 0 Å². The van der Waals surface area contributed by atoms with E-state index in [9.17, 15) is 0 Å². The first-order chi connectivity index (χ1) is 10.3. The fourth-order valence-electron chi connectivity index (χ4n) is 2.94. The van der Waals surface area contributed by atoms with E-state index in [4.69, 9.17) is 11.6 Å². The van der Waals surface area contributed by atoms with Gasteiger partial charge in [0.25, 0.3) is 0 Å². The number of benzene rings is 2. The van der Waals surface area contributed by atoms with Crippen molar-refractivity contribution in [3.8, 4) is 0 Å². The molecule has 1 N–H and O–H groups in total. The maximum absolute atomic E-state index is 6.09. The monoisotopic (exact) mass is 300 g/mol. The summed E-state index contributed by atoms with van der Waals surface area (Å²) in [4.78, 5) is 2.52. The van der Waals surface area contributed by atoms with Gasteiger partial charge in [0.1, 0.15) is 0 Å². The summed E-state index contributed by atoms with van der Waals surface area (Å²) in [5.41, 5.74) is 2.66. The molecule has 0 saturated carbocycles. The number of hydrogen-bond donors (Lipinski definition) is 1. The normalized spacial score (nSPS) is 20.1. The van der Waals surface area contributed by atoms with Crippen molar-refractivity contribution in [2.24, 2.45) is 0 Å². The van der Waals surface area contributed by atoms with E-state index in [0.29, 0.717) is 6.04 Å². The quantitative estimate of drug-likeness (QED) is 0.925. The van der Waals surface area contributed by atoms with Crippen LogP contribution in [0.15, 0.2) is 54.6 Å². The molecular weight excluding hydrogens is 280 g/mol. The third kappa shape index (κ3) is 4.07. The lowest BCUT2D eigenvalue weighted by molar-refractivity contribution is 0.261. The average molecular weight is 301 g/mol. The Kier molecular flexibility index (Phi) is 4.91. The molecule has 1 unspecified atom stereocenters. The van der Waals surface area contributed by atoms with Crippen LogP contribution in [0.25, 0.3) is 0 Å². The molecule has 2 aromatic carbocycles. The molecule has 2 aromatic rings. The number of rotatable bonds is 3. The molecule has 1 saturated heterocycles. The molecule has 1 atom stereocenters. The average Bonchev–Trinajstić information content (AvgIpc) is 2.74. The lowest BCUT2D eigenvalue weighted by Crippen LogP contribution is -2.31. The highest BCUT2D eigenvalue weighted by molar-refractivity contribution is 6.30. The van der Waals surface area contributed by atoms with Crippen LogP contribution in [0.5, 0.6) is 0 Å². The van der Waals surface area contributed by atoms with Gasteiger partial charge in [0.15, 0.2) is 0 Å². The van der Waals surface area contributed by atoms with Gasteiger partial charge in [-0.25, -0.2) is 0 Å². The molecule has 2 nitrogen and oxygen atoms in total. The Bertz CT molecular complexity index is 570. The molecule has 21 heavy (non-hydrogen) atoms. The Labute approximate surface area is 131 Å². The molecule has 1 aliphatic rings. The minimum absolute atomic E-state index is 0.410. The van der Waals surface area contributed by atoms with Crippen molar-refractivity contribution in [3.63, 3.8) is 0 Å². The molecule has 1 aliphatic heterocycles. The van der Waals surface area contributed by atoms with Gasteiger partial charge in [-0.2, -0.15) is 0 Å². The van der Waals surface area contributed by atoms with Crippen LogP contribution in [0.4, 0.5) is 0 Å². The molecule has 0 spiro atoms. The van der Waals surface area contributed by atoms with E-state index in [1.807, 2.05) is 12.1 Å². The zero-order valence-corrected chi connectivity index (χ0v) is 12.9. The standard InChI is InChI=1S/C18H21ClN2/c19-17-9-4-6-15(12-17)13-21-11-5-10-20-18(14-21)16-7-2-1-3-8-16/h1-4,6-9,12,18,20H,5,10-11,13-14H2. The number of halogens is 1. The number of hydrogen-bond acceptors (Lipinski definition) is 2. The van der Waals surface area contributed by atoms with Crippen molar-refractivity contribution >= 4 is 11.6 Å². The molecule has 0 aromatic heterocycles. The smallest absolute Gasteiger partial charge is 0.0449 e. The van der Waals surface area contributed by atoms with Gasteiger partial charge in [0, 0.05) is 24.2 Å². The van der Waals surface area contributed by atoms with Crippen LogP contribution in [-0.2, 0) is 6.54 Å². The van der Waals surface area contributed by atoms with Crippen LogP contribution in [-0.4, -0.2) is 24.5 Å². The summed E-state index contributed by atoms with van der Waals surface area (Å²) >= 11 is 6.09. The second-order valence-electron chi connectivity index (χ2n) is 5.64. The summed E-state index contributed by atoms with van der Waals surface area (Å²) in [6.07, 6.45) is 1.18. The SMILES string of the molecule is Clc1cccc(CN2CCCNC(c3ccccc3)C2)c1. The third-order valence-electron chi connectivity index (χ3n) is 3.98. The number of nitrogens with zero attached hydrogens (tertiary/aromatic N) is 1. The predicted molar refractivity (Wildman–Crippen MR) is 88.5 cm³/mol. The summed E-state index contributed by atoms with van der Waals surface area (Å²) in [6, 6.07) is 19.3. The van der Waals surface area contributed by atoms with Crippen LogP contribution in [0.3, 0.4) is 0 Å². The first-order valence-electron chi connectivity index (χ1n) is 7.56. The van der Waals surface area contributed by atoms with Crippen LogP contribution in [0.1, 0.15) is 23.6 Å². The van der Waals surface area contributed by atoms with Crippen molar-refractivity contribution < 1.29 is 0 Å². The first kappa shape index (κ1) is 14.6. The van der Waals surface area contributed by atoms with E-state index < -0.39 is 0 Å². The molecule has 1 heterocycles. The predicted octanol–water partition coefficient (Wildman–Crippen LogP) is 3.88. The highest BCUT2D eigenvalue weighted by atomic mass is 35.5. The molecule has 0 radical (unpaired) electrons. The molecule has 0 bridgehead atoms. The van der Waals surface area contributed by atoms with Crippen LogP contribution < -0.4 is 5.32 Å². The Hall–Kier alpha value is -1.35. The maximum Gasteiger partial charge on any atom is 0.0449 e. The van der Waals surface area contributed by atoms with Gasteiger partial charge in [-0.15, -0.1) is 0 Å². The molecule has 0 aliphatic carbocycles. The Morgan fingerprint density at radius 2 is 1.95 bits per heavy atom. The van der Waals surface area contributed by atoms with Crippen molar-refractivity contribution in [3.05, 3.63) is 70.7 Å². The minimum atomic E-state index is 0.410. The molecule has 0 amide bonds. The van der Waals surface area contributed by atoms with Gasteiger partial charge in [0.05, 0.1) is 0 Å². The largest absolute Gasteiger partial charge is 0.309 e. The maximum atomic E-state index is 6.09. The van der Waals surface area contributed by atoms with Gasteiger partial charge in [-0.1, -0.05) is 54.1 Å². The van der Waals surface area contributed by atoms with Gasteiger partial charge in [0.2, 0.25) is 0 Å². The van der Waals surface area contributed by atoms with E-state index in [2.05, 4.69) is 52.7 Å². The summed E-state index contributed by atoms with van der Waals surface area (Å²) in [5.74, 6) is 0. The van der Waals surface area contributed by atoms with E-state index >= 15 is 0 Å². The second kappa shape index (κ2) is 7.08. The highest BCUT2D eigenvalue weighted by Crippen LogP contribution is 2.19. The summed E-state index contributed by atoms with van der Waals surface area (Å²) in [6.45, 7) is 4.20. The molecule has 1 fully saturated rings. The Balaban J connectivity index is 1.70. The van der Waals surface area contributed by atoms with Gasteiger partial charge < -0.3 is 5.32 Å². The summed E-state index contributed by atoms with van der Waals surface area (Å²) < 4.78 is 0. The topological polar surface area (TPSA) is 15.3 Å². The van der Waals surface area contributed by atoms with E-state index in [1.165, 1.54) is 17.5 Å². The van der Waals surface area contributed by atoms with Crippen LogP contribution >= 0.6 is 11.6 Å². The zero-order valence-electron chi connectivity index (χ0n) is 12.1. The fourth-order valence-corrected chi connectivity index (χ4v) is 3.15. The highest BCUT2D eigenvalue weighted by Gasteiger charge is 2.19. The Morgan fingerprint density at radius 1 is 1.10 bits per heavy atom. The fraction of sp³-hybridized carbons (Fsp3) is 0.333. The minimum Gasteiger partial charge on any atom is -0.309 e. The molecular formula is C18H21ClN2. The molecule has 110 valence electrons. The van der Waals surface area contributed by atoms with Gasteiger partial charge in [-0.05, 0) is 42.8 Å².